The molecule has 2 rings (SSSR count). The number of rotatable bonds is 5. The van der Waals surface area contributed by atoms with Crippen LogP contribution in [0.4, 0.5) is 0 Å². The van der Waals surface area contributed by atoms with E-state index in [0.29, 0.717) is 11.4 Å². The van der Waals surface area contributed by atoms with Crippen LogP contribution in [0.1, 0.15) is 10.6 Å². The van der Waals surface area contributed by atoms with Crippen LogP contribution < -0.4 is 4.74 Å². The van der Waals surface area contributed by atoms with Gasteiger partial charge in [0.25, 0.3) is 0 Å². The molecule has 0 amide bonds. The van der Waals surface area contributed by atoms with Crippen molar-refractivity contribution in [2.24, 2.45) is 0 Å². The topological polar surface area (TPSA) is 92.8 Å². The smallest absolute Gasteiger partial charge is 0.374 e. The van der Waals surface area contributed by atoms with Crippen LogP contribution >= 0.6 is 0 Å². The van der Waals surface area contributed by atoms with Crippen LogP contribution in [-0.2, 0) is 0 Å². The summed E-state index contributed by atoms with van der Waals surface area (Å²) >= 11 is 0. The molecular formula is C12H11NO5. The van der Waals surface area contributed by atoms with E-state index in [9.17, 15) is 4.79 Å². The summed E-state index contributed by atoms with van der Waals surface area (Å²) in [7, 11) is 0. The number of aliphatic hydroxyl groups is 1. The summed E-state index contributed by atoms with van der Waals surface area (Å²) in [6.07, 6.45) is 0. The second-order valence-electron chi connectivity index (χ2n) is 3.48. The zero-order valence-corrected chi connectivity index (χ0v) is 9.37. The molecule has 6 nitrogen and oxygen atoms in total. The second-order valence-corrected chi connectivity index (χ2v) is 3.48. The highest BCUT2D eigenvalue weighted by Crippen LogP contribution is 2.22. The summed E-state index contributed by atoms with van der Waals surface area (Å²) in [5.41, 5.74) is 1.17. The Morgan fingerprint density at radius 1 is 1.33 bits per heavy atom. The number of aromatic carboxylic acids is 1. The van der Waals surface area contributed by atoms with Crippen LogP contribution in [0.5, 0.6) is 5.75 Å². The molecular weight excluding hydrogens is 238 g/mol. The number of carbonyl (C=O) groups is 1. The van der Waals surface area contributed by atoms with Gasteiger partial charge in [0.05, 0.1) is 6.61 Å². The van der Waals surface area contributed by atoms with Crippen molar-refractivity contribution in [3.63, 3.8) is 0 Å². The van der Waals surface area contributed by atoms with E-state index in [-0.39, 0.29) is 19.0 Å². The Morgan fingerprint density at radius 2 is 2.06 bits per heavy atom. The van der Waals surface area contributed by atoms with Crippen molar-refractivity contribution in [1.82, 2.24) is 5.16 Å². The average Bonchev–Trinajstić information content (AvgIpc) is 2.87. The molecule has 0 saturated heterocycles. The highest BCUT2D eigenvalue weighted by atomic mass is 16.5. The van der Waals surface area contributed by atoms with E-state index in [4.69, 9.17) is 14.9 Å². The molecule has 0 saturated carbocycles. The lowest BCUT2D eigenvalue weighted by atomic mass is 10.1. The number of benzene rings is 1. The van der Waals surface area contributed by atoms with E-state index in [0.717, 1.165) is 5.56 Å². The third-order valence-electron chi connectivity index (χ3n) is 2.23. The number of hydrogen-bond donors (Lipinski definition) is 2. The molecule has 2 aromatic rings. The van der Waals surface area contributed by atoms with Gasteiger partial charge in [-0.05, 0) is 24.3 Å². The molecule has 0 bridgehead atoms. The molecule has 1 heterocycles. The predicted octanol–water partition coefficient (Wildman–Crippen LogP) is 1.41. The van der Waals surface area contributed by atoms with Gasteiger partial charge in [-0.15, -0.1) is 0 Å². The molecule has 0 spiro atoms. The first-order valence-corrected chi connectivity index (χ1v) is 5.25. The standard InChI is InChI=1S/C12H11NO5/c14-5-6-17-9-3-1-8(2-4-9)10-7-11(12(15)16)18-13-10/h1-4,7,14H,5-6H2,(H,15,16). The van der Waals surface area contributed by atoms with Crippen LogP contribution in [0.3, 0.4) is 0 Å². The zero-order chi connectivity index (χ0) is 13.0. The highest BCUT2D eigenvalue weighted by molar-refractivity contribution is 5.85. The maximum atomic E-state index is 10.6. The Balaban J connectivity index is 2.15. The molecule has 1 aromatic carbocycles. The fourth-order valence-corrected chi connectivity index (χ4v) is 1.40. The van der Waals surface area contributed by atoms with Crippen molar-refractivity contribution in [2.75, 3.05) is 13.2 Å². The normalized spacial score (nSPS) is 10.3. The average molecular weight is 249 g/mol. The summed E-state index contributed by atoms with van der Waals surface area (Å²) in [5, 5.41) is 21.0. The van der Waals surface area contributed by atoms with E-state index in [1.165, 1.54) is 6.07 Å². The van der Waals surface area contributed by atoms with Gasteiger partial charge in [-0.3, -0.25) is 0 Å². The van der Waals surface area contributed by atoms with Crippen LogP contribution in [0, 0.1) is 0 Å². The van der Waals surface area contributed by atoms with E-state index < -0.39 is 5.97 Å². The molecule has 0 aliphatic heterocycles. The Morgan fingerprint density at radius 3 is 2.61 bits per heavy atom. The zero-order valence-electron chi connectivity index (χ0n) is 9.37. The first-order chi connectivity index (χ1) is 8.70. The maximum absolute atomic E-state index is 10.6. The number of hydrogen-bond acceptors (Lipinski definition) is 5. The molecule has 6 heteroatoms. The molecule has 0 aliphatic carbocycles. The predicted molar refractivity (Wildman–Crippen MR) is 61.5 cm³/mol. The molecule has 94 valence electrons. The molecule has 2 N–H and O–H groups in total. The van der Waals surface area contributed by atoms with Crippen molar-refractivity contribution < 1.29 is 24.3 Å². The lowest BCUT2D eigenvalue weighted by Crippen LogP contribution is -2.01. The summed E-state index contributed by atoms with van der Waals surface area (Å²) in [6.45, 7) is 0.180. The van der Waals surface area contributed by atoms with E-state index in [1.807, 2.05) is 0 Å². The highest BCUT2D eigenvalue weighted by Gasteiger charge is 2.12. The Hall–Kier alpha value is -2.34. The SMILES string of the molecule is O=C(O)c1cc(-c2ccc(OCCO)cc2)no1. The van der Waals surface area contributed by atoms with Gasteiger partial charge >= 0.3 is 5.97 Å². The van der Waals surface area contributed by atoms with Crippen LogP contribution in [0.2, 0.25) is 0 Å². The molecule has 18 heavy (non-hydrogen) atoms. The van der Waals surface area contributed by atoms with Crippen molar-refractivity contribution in [1.29, 1.82) is 0 Å². The Bertz CT molecular complexity index is 532. The van der Waals surface area contributed by atoms with Crippen molar-refractivity contribution in [3.8, 4) is 17.0 Å². The lowest BCUT2D eigenvalue weighted by molar-refractivity contribution is 0.0652. The molecule has 0 unspecified atom stereocenters. The summed E-state index contributed by atoms with van der Waals surface area (Å²) in [6, 6.07) is 8.23. The molecule has 0 aliphatic rings. The largest absolute Gasteiger partial charge is 0.491 e. The first kappa shape index (κ1) is 12.1. The van der Waals surface area contributed by atoms with Gasteiger partial charge in [0.1, 0.15) is 18.1 Å². The third kappa shape index (κ3) is 2.67. The van der Waals surface area contributed by atoms with Gasteiger partial charge in [0, 0.05) is 11.6 Å². The Labute approximate surface area is 102 Å². The molecule has 0 atom stereocenters. The van der Waals surface area contributed by atoms with Gasteiger partial charge < -0.3 is 19.5 Å². The van der Waals surface area contributed by atoms with Gasteiger partial charge in [0.15, 0.2) is 0 Å². The number of nitrogens with zero attached hydrogens (tertiary/aromatic N) is 1. The summed E-state index contributed by atoms with van der Waals surface area (Å²) < 4.78 is 9.86. The van der Waals surface area contributed by atoms with Gasteiger partial charge in [-0.2, -0.15) is 0 Å². The number of carboxylic acids is 1. The van der Waals surface area contributed by atoms with Crippen LogP contribution in [0.25, 0.3) is 11.3 Å². The van der Waals surface area contributed by atoms with E-state index in [2.05, 4.69) is 9.68 Å². The lowest BCUT2D eigenvalue weighted by Gasteiger charge is -2.03. The summed E-state index contributed by atoms with van der Waals surface area (Å²) in [4.78, 5) is 10.6. The minimum atomic E-state index is -1.16. The molecule has 0 radical (unpaired) electrons. The van der Waals surface area contributed by atoms with E-state index >= 15 is 0 Å². The Kier molecular flexibility index (Phi) is 3.59. The van der Waals surface area contributed by atoms with Crippen molar-refractivity contribution in [3.05, 3.63) is 36.1 Å². The third-order valence-corrected chi connectivity index (χ3v) is 2.23. The number of aromatic nitrogens is 1. The minimum Gasteiger partial charge on any atom is -0.491 e. The van der Waals surface area contributed by atoms with Crippen molar-refractivity contribution >= 4 is 5.97 Å². The van der Waals surface area contributed by atoms with Gasteiger partial charge in [0.2, 0.25) is 5.76 Å². The fourth-order valence-electron chi connectivity index (χ4n) is 1.40. The van der Waals surface area contributed by atoms with E-state index in [1.54, 1.807) is 24.3 Å². The number of aliphatic hydroxyl groups excluding tert-OH is 1. The van der Waals surface area contributed by atoms with Gasteiger partial charge in [-0.1, -0.05) is 5.16 Å². The molecule has 1 aromatic heterocycles. The fraction of sp³-hybridized carbons (Fsp3) is 0.167. The second kappa shape index (κ2) is 5.33. The monoisotopic (exact) mass is 249 g/mol. The minimum absolute atomic E-state index is 0.0486. The maximum Gasteiger partial charge on any atom is 0.374 e. The molecule has 0 fully saturated rings. The van der Waals surface area contributed by atoms with Crippen LogP contribution in [0.15, 0.2) is 34.9 Å². The quantitative estimate of drug-likeness (QED) is 0.832. The summed E-state index contributed by atoms with van der Waals surface area (Å²) in [5.74, 6) is -0.739. The first-order valence-electron chi connectivity index (χ1n) is 5.25. The van der Waals surface area contributed by atoms with Gasteiger partial charge in [-0.25, -0.2) is 4.79 Å². The number of carboxylic acid groups (broad SMARTS) is 1. The van der Waals surface area contributed by atoms with Crippen molar-refractivity contribution in [2.45, 2.75) is 0 Å². The van der Waals surface area contributed by atoms with Crippen LogP contribution in [-0.4, -0.2) is 34.6 Å². The number of ether oxygens (including phenoxy) is 1.